The maximum absolute atomic E-state index is 11.4. The molecular weight excluding hydrogens is 210 g/mol. The minimum atomic E-state index is -1.03. The van der Waals surface area contributed by atoms with Gasteiger partial charge in [0.1, 0.15) is 5.69 Å². The average Bonchev–Trinajstić information content (AvgIpc) is 2.57. The first kappa shape index (κ1) is 12.0. The molecule has 0 aliphatic heterocycles. The Bertz CT molecular complexity index is 431. The normalized spacial score (nSPS) is 10.6. The number of hydrogen-bond donors (Lipinski definition) is 1. The number of ether oxygens (including phenoxy) is 1. The van der Waals surface area contributed by atoms with Crippen LogP contribution >= 0.6 is 0 Å². The molecule has 0 radical (unpaired) electrons. The number of aromatic nitrogens is 1. The number of aliphatic carboxylic acids is 1. The molecule has 1 heterocycles. The molecule has 1 aromatic rings. The van der Waals surface area contributed by atoms with Gasteiger partial charge in [-0.15, -0.1) is 0 Å². The van der Waals surface area contributed by atoms with E-state index in [1.807, 2.05) is 0 Å². The van der Waals surface area contributed by atoms with Gasteiger partial charge in [0.15, 0.2) is 0 Å². The van der Waals surface area contributed by atoms with Crippen LogP contribution in [0.15, 0.2) is 18.3 Å². The lowest BCUT2D eigenvalue weighted by Gasteiger charge is -2.01. The molecule has 0 aromatic carbocycles. The van der Waals surface area contributed by atoms with Gasteiger partial charge < -0.3 is 14.4 Å². The Balaban J connectivity index is 2.89. The number of carboxylic acids is 1. The first-order valence-electron chi connectivity index (χ1n) is 4.79. The van der Waals surface area contributed by atoms with Gasteiger partial charge in [-0.1, -0.05) is 0 Å². The van der Waals surface area contributed by atoms with Crippen molar-refractivity contribution in [1.82, 2.24) is 4.57 Å². The Morgan fingerprint density at radius 3 is 2.81 bits per heavy atom. The Morgan fingerprint density at radius 2 is 2.25 bits per heavy atom. The predicted octanol–water partition coefficient (Wildman–Crippen LogP) is 1.30. The summed E-state index contributed by atoms with van der Waals surface area (Å²) in [4.78, 5) is 21.7. The van der Waals surface area contributed by atoms with Crippen LogP contribution in [0.25, 0.3) is 6.08 Å². The highest BCUT2D eigenvalue weighted by molar-refractivity contribution is 5.90. The molecule has 1 rings (SSSR count). The topological polar surface area (TPSA) is 68.5 Å². The number of rotatable bonds is 4. The second-order valence-corrected chi connectivity index (χ2v) is 3.16. The van der Waals surface area contributed by atoms with E-state index >= 15 is 0 Å². The zero-order valence-electron chi connectivity index (χ0n) is 9.14. The van der Waals surface area contributed by atoms with Crippen LogP contribution in [0.1, 0.15) is 23.0 Å². The summed E-state index contributed by atoms with van der Waals surface area (Å²) in [5, 5.41) is 8.46. The maximum atomic E-state index is 11.4. The number of nitrogens with zero attached hydrogens (tertiary/aromatic N) is 1. The van der Waals surface area contributed by atoms with E-state index in [4.69, 9.17) is 9.84 Å². The van der Waals surface area contributed by atoms with Crippen molar-refractivity contribution in [2.24, 2.45) is 7.05 Å². The highest BCUT2D eigenvalue weighted by Gasteiger charge is 2.11. The molecule has 0 spiro atoms. The van der Waals surface area contributed by atoms with E-state index in [0.717, 1.165) is 6.08 Å². The zero-order valence-corrected chi connectivity index (χ0v) is 9.14. The molecule has 5 heteroatoms. The summed E-state index contributed by atoms with van der Waals surface area (Å²) in [6, 6.07) is 1.58. The standard InChI is InChI=1S/C11H13NO4/c1-3-16-11(15)9-6-8(7-12(9)2)4-5-10(13)14/h4-7H,3H2,1-2H3,(H,13,14)/b5-4+. The molecule has 16 heavy (non-hydrogen) atoms. The third-order valence-corrected chi connectivity index (χ3v) is 1.93. The molecule has 0 unspecified atom stereocenters. The number of esters is 1. The van der Waals surface area contributed by atoms with E-state index in [9.17, 15) is 9.59 Å². The lowest BCUT2D eigenvalue weighted by atomic mass is 10.3. The highest BCUT2D eigenvalue weighted by atomic mass is 16.5. The summed E-state index contributed by atoms with van der Waals surface area (Å²) in [5.41, 5.74) is 1.04. The number of hydrogen-bond acceptors (Lipinski definition) is 3. The van der Waals surface area contributed by atoms with Crippen molar-refractivity contribution >= 4 is 18.0 Å². The molecule has 0 fully saturated rings. The van der Waals surface area contributed by atoms with Crippen LogP contribution in [0.2, 0.25) is 0 Å². The molecule has 1 aromatic heterocycles. The van der Waals surface area contributed by atoms with Crippen LogP contribution in [0.5, 0.6) is 0 Å². The van der Waals surface area contributed by atoms with Crippen LogP contribution < -0.4 is 0 Å². The Labute approximate surface area is 92.9 Å². The van der Waals surface area contributed by atoms with Crippen molar-refractivity contribution in [3.05, 3.63) is 29.6 Å². The van der Waals surface area contributed by atoms with Gasteiger partial charge in [0, 0.05) is 19.3 Å². The SMILES string of the molecule is CCOC(=O)c1cc(/C=C/C(=O)O)cn1C. The quantitative estimate of drug-likeness (QED) is 0.617. The minimum absolute atomic E-state index is 0.310. The fraction of sp³-hybridized carbons (Fsp3) is 0.273. The van der Waals surface area contributed by atoms with E-state index in [2.05, 4.69) is 0 Å². The monoisotopic (exact) mass is 223 g/mol. The molecule has 0 aliphatic rings. The summed E-state index contributed by atoms with van der Waals surface area (Å²) < 4.78 is 6.44. The minimum Gasteiger partial charge on any atom is -0.478 e. The van der Waals surface area contributed by atoms with E-state index < -0.39 is 11.9 Å². The van der Waals surface area contributed by atoms with Crippen molar-refractivity contribution in [3.8, 4) is 0 Å². The third-order valence-electron chi connectivity index (χ3n) is 1.93. The maximum Gasteiger partial charge on any atom is 0.354 e. The molecule has 0 saturated heterocycles. The third kappa shape index (κ3) is 2.98. The molecule has 0 bridgehead atoms. The smallest absolute Gasteiger partial charge is 0.354 e. The Morgan fingerprint density at radius 1 is 1.56 bits per heavy atom. The van der Waals surface area contributed by atoms with Crippen molar-refractivity contribution in [1.29, 1.82) is 0 Å². The van der Waals surface area contributed by atoms with Crippen LogP contribution in [0.3, 0.4) is 0 Å². The van der Waals surface area contributed by atoms with Gasteiger partial charge in [-0.05, 0) is 24.6 Å². The van der Waals surface area contributed by atoms with Gasteiger partial charge in [0.05, 0.1) is 6.61 Å². The largest absolute Gasteiger partial charge is 0.478 e. The van der Waals surface area contributed by atoms with Crippen LogP contribution in [0.4, 0.5) is 0 Å². The van der Waals surface area contributed by atoms with Crippen LogP contribution in [0, 0.1) is 0 Å². The molecule has 0 atom stereocenters. The van der Waals surface area contributed by atoms with Crippen molar-refractivity contribution in [2.75, 3.05) is 6.61 Å². The van der Waals surface area contributed by atoms with Crippen LogP contribution in [-0.4, -0.2) is 28.2 Å². The first-order valence-corrected chi connectivity index (χ1v) is 4.79. The van der Waals surface area contributed by atoms with Crippen molar-refractivity contribution in [3.63, 3.8) is 0 Å². The summed E-state index contributed by atoms with van der Waals surface area (Å²) in [5.74, 6) is -1.44. The second-order valence-electron chi connectivity index (χ2n) is 3.16. The molecule has 86 valence electrons. The van der Waals surface area contributed by atoms with E-state index in [0.29, 0.717) is 17.9 Å². The van der Waals surface area contributed by atoms with E-state index in [1.54, 1.807) is 30.8 Å². The van der Waals surface area contributed by atoms with Gasteiger partial charge in [-0.2, -0.15) is 0 Å². The number of carboxylic acid groups (broad SMARTS) is 1. The molecule has 0 amide bonds. The fourth-order valence-corrected chi connectivity index (χ4v) is 1.26. The molecular formula is C11H13NO4. The lowest BCUT2D eigenvalue weighted by molar-refractivity contribution is -0.131. The number of carbonyl (C=O) groups excluding carboxylic acids is 1. The van der Waals surface area contributed by atoms with Gasteiger partial charge >= 0.3 is 11.9 Å². The van der Waals surface area contributed by atoms with E-state index in [-0.39, 0.29) is 0 Å². The van der Waals surface area contributed by atoms with Gasteiger partial charge in [-0.3, -0.25) is 0 Å². The molecule has 0 saturated carbocycles. The van der Waals surface area contributed by atoms with Crippen molar-refractivity contribution in [2.45, 2.75) is 6.92 Å². The highest BCUT2D eigenvalue weighted by Crippen LogP contribution is 2.10. The molecule has 1 N–H and O–H groups in total. The van der Waals surface area contributed by atoms with Gasteiger partial charge in [-0.25, -0.2) is 9.59 Å². The molecule has 0 aliphatic carbocycles. The summed E-state index contributed by atoms with van der Waals surface area (Å²) >= 11 is 0. The van der Waals surface area contributed by atoms with Crippen LogP contribution in [-0.2, 0) is 16.6 Å². The Kier molecular flexibility index (Phi) is 3.88. The van der Waals surface area contributed by atoms with Gasteiger partial charge in [0.2, 0.25) is 0 Å². The summed E-state index contributed by atoms with van der Waals surface area (Å²) in [6.07, 6.45) is 4.10. The predicted molar refractivity (Wildman–Crippen MR) is 58.0 cm³/mol. The lowest BCUT2D eigenvalue weighted by Crippen LogP contribution is -2.08. The number of aryl methyl sites for hydroxylation is 1. The molecule has 5 nitrogen and oxygen atoms in total. The average molecular weight is 223 g/mol. The fourth-order valence-electron chi connectivity index (χ4n) is 1.26. The second kappa shape index (κ2) is 5.16. The van der Waals surface area contributed by atoms with Crippen molar-refractivity contribution < 1.29 is 19.4 Å². The van der Waals surface area contributed by atoms with E-state index in [1.165, 1.54) is 6.08 Å². The zero-order chi connectivity index (χ0) is 12.1. The summed E-state index contributed by atoms with van der Waals surface area (Å²) in [6.45, 7) is 2.04. The Hall–Kier alpha value is -2.04. The van der Waals surface area contributed by atoms with Gasteiger partial charge in [0.25, 0.3) is 0 Å². The summed E-state index contributed by atoms with van der Waals surface area (Å²) in [7, 11) is 1.70. The first-order chi connectivity index (χ1) is 7.54. The number of carbonyl (C=O) groups is 2.